The average molecular weight is 162 g/mol. The van der Waals surface area contributed by atoms with Gasteiger partial charge in [0.2, 0.25) is 0 Å². The van der Waals surface area contributed by atoms with E-state index in [0.717, 1.165) is 0 Å². The Morgan fingerprint density at radius 1 is 1.40 bits per heavy atom. The second-order valence-electron chi connectivity index (χ2n) is 2.16. The van der Waals surface area contributed by atoms with Gasteiger partial charge in [0.05, 0.1) is 0 Å². The first-order valence-electron chi connectivity index (χ1n) is 3.50. The average Bonchev–Trinajstić information content (AvgIpc) is 1.86. The van der Waals surface area contributed by atoms with E-state index in [4.69, 9.17) is 11.4 Å². The van der Waals surface area contributed by atoms with Gasteiger partial charge in [0.1, 0.15) is 0 Å². The highest BCUT2D eigenvalue weighted by molar-refractivity contribution is 6.36. The first kappa shape index (κ1) is 10.4. The molecule has 0 unspecified atom stereocenters. The van der Waals surface area contributed by atoms with E-state index in [1.165, 1.54) is 0 Å². The lowest BCUT2D eigenvalue weighted by atomic mass is 10.5. The lowest BCUT2D eigenvalue weighted by molar-refractivity contribution is 0.0898. The van der Waals surface area contributed by atoms with Crippen molar-refractivity contribution in [2.24, 2.45) is 0 Å². The first-order chi connectivity index (χ1) is 4.70. The molecule has 0 rings (SSSR count). The van der Waals surface area contributed by atoms with E-state index in [1.54, 1.807) is 7.11 Å². The van der Waals surface area contributed by atoms with Crippen molar-refractivity contribution in [2.75, 3.05) is 13.7 Å². The molecule has 0 amide bonds. The Balaban J connectivity index is 3.39. The molecule has 0 saturated heterocycles. The van der Waals surface area contributed by atoms with E-state index < -0.39 is 15.1 Å². The van der Waals surface area contributed by atoms with Crippen LogP contribution in [0.5, 0.6) is 0 Å². The Hall–Kier alpha value is 0.412. The predicted molar refractivity (Wildman–Crippen MR) is 40.6 cm³/mol. The van der Waals surface area contributed by atoms with E-state index in [1.807, 2.05) is 20.8 Å². The Bertz CT molecular complexity index is 77.4. The predicted octanol–water partition coefficient (Wildman–Crippen LogP) is 1.08. The van der Waals surface area contributed by atoms with E-state index in [0.29, 0.717) is 6.61 Å². The van der Waals surface area contributed by atoms with Crippen LogP contribution in [0.4, 0.5) is 0 Å². The highest BCUT2D eigenvalue weighted by atomic mass is 27.3. The number of hydrogen-bond donors (Lipinski definition) is 0. The molecule has 0 aromatic carbocycles. The molecule has 0 spiro atoms. The first-order valence-corrected chi connectivity index (χ1v) is 4.92. The van der Waals surface area contributed by atoms with Crippen LogP contribution in [0.1, 0.15) is 20.8 Å². The molecule has 0 aliphatic heterocycles. The van der Waals surface area contributed by atoms with Crippen molar-refractivity contribution in [1.82, 2.24) is 0 Å². The Morgan fingerprint density at radius 2 is 2.00 bits per heavy atom. The molecule has 0 aliphatic rings. The monoisotopic (exact) mass is 162 g/mol. The minimum atomic E-state index is -1.77. The maximum atomic E-state index is 5.33. The molecule has 0 aromatic heterocycles. The minimum absolute atomic E-state index is 0.197. The van der Waals surface area contributed by atoms with E-state index >= 15 is 0 Å². The second kappa shape index (κ2) is 6.14. The van der Waals surface area contributed by atoms with Crippen molar-refractivity contribution in [3.05, 3.63) is 0 Å². The maximum Gasteiger partial charge on any atom is 0.905 e. The summed E-state index contributed by atoms with van der Waals surface area (Å²) in [7, 11) is 1.62. The molecule has 0 N–H and O–H groups in total. The summed E-state index contributed by atoms with van der Waals surface area (Å²) in [4.78, 5) is 0. The molecule has 0 heterocycles. The molecule has 4 heteroatoms. The highest BCUT2D eigenvalue weighted by Gasteiger charge is 2.29. The molecule has 60 valence electrons. The molecule has 0 radical (unpaired) electrons. The summed E-state index contributed by atoms with van der Waals surface area (Å²) in [5.74, 6) is 0. The van der Waals surface area contributed by atoms with Gasteiger partial charge in [0.15, 0.2) is 0 Å². The highest BCUT2D eigenvalue weighted by Crippen LogP contribution is 1.95. The van der Waals surface area contributed by atoms with Crippen LogP contribution in [0.15, 0.2) is 0 Å². The van der Waals surface area contributed by atoms with Gasteiger partial charge in [-0.3, -0.25) is 0 Å². The largest absolute Gasteiger partial charge is 0.905 e. The Kier molecular flexibility index (Phi) is 6.40. The second-order valence-corrected chi connectivity index (χ2v) is 3.82. The molecular formula is C6H15AlO3. The van der Waals surface area contributed by atoms with E-state index in [-0.39, 0.29) is 6.10 Å². The Labute approximate surface area is 67.7 Å². The molecule has 0 bridgehead atoms. The third-order valence-electron chi connectivity index (χ3n) is 0.878. The minimum Gasteiger partial charge on any atom is -0.457 e. The van der Waals surface area contributed by atoms with Crippen molar-refractivity contribution in [3.63, 3.8) is 0 Å². The Morgan fingerprint density at radius 3 is 2.30 bits per heavy atom. The van der Waals surface area contributed by atoms with Crippen molar-refractivity contribution in [2.45, 2.75) is 26.9 Å². The fourth-order valence-corrected chi connectivity index (χ4v) is 1.56. The van der Waals surface area contributed by atoms with Crippen LogP contribution < -0.4 is 0 Å². The van der Waals surface area contributed by atoms with Crippen LogP contribution in [-0.2, 0) is 11.4 Å². The van der Waals surface area contributed by atoms with Gasteiger partial charge >= 0.3 is 15.1 Å². The molecule has 0 atom stereocenters. The van der Waals surface area contributed by atoms with E-state index in [2.05, 4.69) is 0 Å². The smallest absolute Gasteiger partial charge is 0.457 e. The fourth-order valence-electron chi connectivity index (χ4n) is 0.521. The molecule has 0 fully saturated rings. The zero-order chi connectivity index (χ0) is 7.98. The lowest BCUT2D eigenvalue weighted by Crippen LogP contribution is -2.28. The third-order valence-corrected chi connectivity index (χ3v) is 2.64. The fraction of sp³-hybridized carbons (Fsp3) is 1.00. The van der Waals surface area contributed by atoms with Crippen LogP contribution in [0.2, 0.25) is 0 Å². The summed E-state index contributed by atoms with van der Waals surface area (Å²) in [6.45, 7) is 6.54. The summed E-state index contributed by atoms with van der Waals surface area (Å²) < 4.78 is 15.5. The maximum absolute atomic E-state index is 5.33. The van der Waals surface area contributed by atoms with E-state index in [9.17, 15) is 0 Å². The van der Waals surface area contributed by atoms with Gasteiger partial charge in [0.25, 0.3) is 0 Å². The molecule has 10 heavy (non-hydrogen) atoms. The van der Waals surface area contributed by atoms with Crippen LogP contribution in [0.3, 0.4) is 0 Å². The summed E-state index contributed by atoms with van der Waals surface area (Å²) >= 11 is -1.77. The normalized spacial score (nSPS) is 10.5. The van der Waals surface area contributed by atoms with Gasteiger partial charge in [-0.25, -0.2) is 0 Å². The summed E-state index contributed by atoms with van der Waals surface area (Å²) in [5.41, 5.74) is 0. The molecule has 0 aliphatic carbocycles. The molecule has 0 aromatic rings. The lowest BCUT2D eigenvalue weighted by Gasteiger charge is -2.11. The van der Waals surface area contributed by atoms with Crippen molar-refractivity contribution in [1.29, 1.82) is 0 Å². The summed E-state index contributed by atoms with van der Waals surface area (Å²) in [5, 5.41) is 0. The van der Waals surface area contributed by atoms with Gasteiger partial charge in [-0.05, 0) is 20.8 Å². The van der Waals surface area contributed by atoms with Crippen molar-refractivity contribution in [3.8, 4) is 0 Å². The van der Waals surface area contributed by atoms with Crippen LogP contribution in [-0.4, -0.2) is 35.0 Å². The van der Waals surface area contributed by atoms with Gasteiger partial charge in [0, 0.05) is 19.8 Å². The molecule has 0 saturated carbocycles. The third kappa shape index (κ3) is 5.22. The standard InChI is InChI=1S/C3H7O.C2H5O.CH3O.Al/c1-3(2)4;1-2-3;1-2;/h3H,1-2H3;2H2,1H3;1H3;/q3*-1;+3. The molecule has 3 nitrogen and oxygen atoms in total. The van der Waals surface area contributed by atoms with Gasteiger partial charge < -0.3 is 11.4 Å². The van der Waals surface area contributed by atoms with Gasteiger partial charge in [-0.1, -0.05) is 0 Å². The van der Waals surface area contributed by atoms with Gasteiger partial charge in [-0.2, -0.15) is 0 Å². The van der Waals surface area contributed by atoms with Crippen molar-refractivity contribution < 1.29 is 11.4 Å². The summed E-state index contributed by atoms with van der Waals surface area (Å²) in [6.07, 6.45) is 0.197. The quantitative estimate of drug-likeness (QED) is 0.566. The SMILES string of the molecule is CC[O][Al]([O]C)[O]C(C)C. The van der Waals surface area contributed by atoms with Crippen molar-refractivity contribution >= 4 is 15.1 Å². The van der Waals surface area contributed by atoms with Crippen LogP contribution >= 0.6 is 0 Å². The van der Waals surface area contributed by atoms with Gasteiger partial charge in [-0.15, -0.1) is 0 Å². The zero-order valence-electron chi connectivity index (χ0n) is 7.09. The number of rotatable bonds is 5. The number of hydrogen-bond acceptors (Lipinski definition) is 3. The summed E-state index contributed by atoms with van der Waals surface area (Å²) in [6, 6.07) is 0. The molecular weight excluding hydrogens is 147 g/mol. The topological polar surface area (TPSA) is 27.7 Å². The van der Waals surface area contributed by atoms with Crippen LogP contribution in [0.25, 0.3) is 0 Å². The van der Waals surface area contributed by atoms with Crippen LogP contribution in [0, 0.1) is 0 Å². The zero-order valence-corrected chi connectivity index (χ0v) is 8.24.